The molecule has 0 heterocycles. The van der Waals surface area contributed by atoms with E-state index in [0.717, 1.165) is 24.2 Å². The third-order valence-corrected chi connectivity index (χ3v) is 3.52. The fraction of sp³-hybridized carbons (Fsp3) is 0.562. The number of carbonyl (C=O) groups excluding carboxylic acids is 1. The first-order valence-corrected chi connectivity index (χ1v) is 6.97. The van der Waals surface area contributed by atoms with Crippen LogP contribution in [0.15, 0.2) is 24.3 Å². The Morgan fingerprint density at radius 1 is 1.26 bits per heavy atom. The average molecular weight is 262 g/mol. The summed E-state index contributed by atoms with van der Waals surface area (Å²) in [6.07, 6.45) is 0.974. The van der Waals surface area contributed by atoms with Crippen LogP contribution in [0.3, 0.4) is 0 Å². The predicted octanol–water partition coefficient (Wildman–Crippen LogP) is 3.19. The summed E-state index contributed by atoms with van der Waals surface area (Å²) in [6.45, 7) is 11.0. The van der Waals surface area contributed by atoms with Crippen LogP contribution in [-0.2, 0) is 10.2 Å². The van der Waals surface area contributed by atoms with E-state index in [9.17, 15) is 4.79 Å². The van der Waals surface area contributed by atoms with Crippen LogP contribution in [0.1, 0.15) is 46.6 Å². The molecule has 0 atom stereocenters. The summed E-state index contributed by atoms with van der Waals surface area (Å²) in [7, 11) is 0. The maximum atomic E-state index is 12.8. The first-order valence-electron chi connectivity index (χ1n) is 6.97. The fourth-order valence-electron chi connectivity index (χ4n) is 2.22. The van der Waals surface area contributed by atoms with Crippen LogP contribution in [0.4, 0.5) is 5.69 Å². The van der Waals surface area contributed by atoms with Gasteiger partial charge in [-0.2, -0.15) is 0 Å². The molecule has 1 aromatic rings. The van der Waals surface area contributed by atoms with E-state index in [1.165, 1.54) is 0 Å². The van der Waals surface area contributed by atoms with Crippen molar-refractivity contribution < 1.29 is 4.79 Å². The van der Waals surface area contributed by atoms with Gasteiger partial charge in [0.2, 0.25) is 5.91 Å². The lowest BCUT2D eigenvalue weighted by Crippen LogP contribution is -2.47. The molecule has 0 spiro atoms. The van der Waals surface area contributed by atoms with Crippen molar-refractivity contribution in [3.8, 4) is 0 Å². The van der Waals surface area contributed by atoms with E-state index >= 15 is 0 Å². The van der Waals surface area contributed by atoms with Crippen molar-refractivity contribution in [1.82, 2.24) is 4.90 Å². The normalized spacial score (nSPS) is 11.7. The molecular formula is C16H26N2O. The third kappa shape index (κ3) is 3.49. The van der Waals surface area contributed by atoms with Gasteiger partial charge in [0, 0.05) is 18.3 Å². The molecular weight excluding hydrogens is 236 g/mol. The molecule has 2 N–H and O–H groups in total. The Hall–Kier alpha value is -1.51. The minimum absolute atomic E-state index is 0.175. The fourth-order valence-corrected chi connectivity index (χ4v) is 2.22. The molecule has 1 aromatic carbocycles. The van der Waals surface area contributed by atoms with Crippen LogP contribution in [0, 0.1) is 0 Å². The zero-order chi connectivity index (χ0) is 14.6. The number of nitrogens with zero attached hydrogens (tertiary/aromatic N) is 1. The maximum Gasteiger partial charge on any atom is 0.232 e. The monoisotopic (exact) mass is 262 g/mol. The van der Waals surface area contributed by atoms with Gasteiger partial charge in [0.25, 0.3) is 0 Å². The molecule has 1 rings (SSSR count). The van der Waals surface area contributed by atoms with Gasteiger partial charge in [-0.1, -0.05) is 19.1 Å². The summed E-state index contributed by atoms with van der Waals surface area (Å²) in [5.74, 6) is 0.175. The second kappa shape index (κ2) is 6.09. The van der Waals surface area contributed by atoms with Gasteiger partial charge >= 0.3 is 0 Å². The first-order chi connectivity index (χ1) is 8.80. The highest BCUT2D eigenvalue weighted by atomic mass is 16.2. The quantitative estimate of drug-likeness (QED) is 0.828. The first kappa shape index (κ1) is 15.5. The molecule has 0 unspecified atom stereocenters. The lowest BCUT2D eigenvalue weighted by molar-refractivity contribution is -0.138. The summed E-state index contributed by atoms with van der Waals surface area (Å²) in [6, 6.07) is 7.81. The van der Waals surface area contributed by atoms with E-state index in [0.29, 0.717) is 0 Å². The van der Waals surface area contributed by atoms with Crippen molar-refractivity contribution >= 4 is 11.6 Å². The molecule has 1 amide bonds. The van der Waals surface area contributed by atoms with Crippen molar-refractivity contribution in [2.24, 2.45) is 0 Å². The number of nitrogen functional groups attached to an aromatic ring is 1. The number of rotatable bonds is 5. The van der Waals surface area contributed by atoms with Gasteiger partial charge in [0.15, 0.2) is 0 Å². The topological polar surface area (TPSA) is 46.3 Å². The number of nitrogens with two attached hydrogens (primary N) is 1. The molecule has 0 aliphatic heterocycles. The second-order valence-electron chi connectivity index (χ2n) is 5.84. The standard InChI is InChI=1S/C16H26N2O/c1-6-11-18(12(2)3)15(19)16(4,5)13-7-9-14(17)10-8-13/h7-10,12H,6,11,17H2,1-5H3. The summed E-state index contributed by atoms with van der Waals surface area (Å²) in [5.41, 5.74) is 6.92. The van der Waals surface area contributed by atoms with Crippen LogP contribution in [0.5, 0.6) is 0 Å². The number of carbonyl (C=O) groups is 1. The van der Waals surface area contributed by atoms with Gasteiger partial charge < -0.3 is 10.6 Å². The Kier molecular flexibility index (Phi) is 4.98. The van der Waals surface area contributed by atoms with Crippen molar-refractivity contribution in [2.45, 2.75) is 52.5 Å². The minimum Gasteiger partial charge on any atom is -0.399 e. The van der Waals surface area contributed by atoms with Crippen molar-refractivity contribution in [3.63, 3.8) is 0 Å². The largest absolute Gasteiger partial charge is 0.399 e. The van der Waals surface area contributed by atoms with Gasteiger partial charge in [0.05, 0.1) is 5.41 Å². The molecule has 0 aliphatic carbocycles. The summed E-state index contributed by atoms with van der Waals surface area (Å²) < 4.78 is 0. The number of hydrogen-bond acceptors (Lipinski definition) is 2. The highest BCUT2D eigenvalue weighted by Crippen LogP contribution is 2.27. The number of amides is 1. The second-order valence-corrected chi connectivity index (χ2v) is 5.84. The number of hydrogen-bond donors (Lipinski definition) is 1. The Morgan fingerprint density at radius 2 is 1.79 bits per heavy atom. The Bertz CT molecular complexity index is 421. The van der Waals surface area contributed by atoms with E-state index in [4.69, 9.17) is 5.73 Å². The Labute approximate surface area is 116 Å². The van der Waals surface area contributed by atoms with E-state index in [2.05, 4.69) is 20.8 Å². The third-order valence-electron chi connectivity index (χ3n) is 3.52. The molecule has 19 heavy (non-hydrogen) atoms. The van der Waals surface area contributed by atoms with Gasteiger partial charge in [-0.3, -0.25) is 4.79 Å². The van der Waals surface area contributed by atoms with Crippen LogP contribution in [0.2, 0.25) is 0 Å². The van der Waals surface area contributed by atoms with Crippen LogP contribution >= 0.6 is 0 Å². The Morgan fingerprint density at radius 3 is 2.21 bits per heavy atom. The van der Waals surface area contributed by atoms with Gasteiger partial charge in [-0.05, 0) is 51.8 Å². The predicted molar refractivity (Wildman–Crippen MR) is 81.0 cm³/mol. The molecule has 0 aliphatic rings. The summed E-state index contributed by atoms with van der Waals surface area (Å²) >= 11 is 0. The SMILES string of the molecule is CCCN(C(=O)C(C)(C)c1ccc(N)cc1)C(C)C. The Balaban J connectivity index is 3.03. The maximum absolute atomic E-state index is 12.8. The van der Waals surface area contributed by atoms with E-state index < -0.39 is 5.41 Å². The highest BCUT2D eigenvalue weighted by molar-refractivity contribution is 5.87. The molecule has 0 saturated carbocycles. The molecule has 0 radical (unpaired) electrons. The summed E-state index contributed by atoms with van der Waals surface area (Å²) in [4.78, 5) is 14.7. The van der Waals surface area contributed by atoms with Crippen molar-refractivity contribution in [3.05, 3.63) is 29.8 Å². The van der Waals surface area contributed by atoms with Crippen LogP contribution in [-0.4, -0.2) is 23.4 Å². The van der Waals surface area contributed by atoms with Gasteiger partial charge in [-0.25, -0.2) is 0 Å². The minimum atomic E-state index is -0.521. The smallest absolute Gasteiger partial charge is 0.232 e. The molecule has 106 valence electrons. The van der Waals surface area contributed by atoms with Crippen molar-refractivity contribution in [1.29, 1.82) is 0 Å². The lowest BCUT2D eigenvalue weighted by Gasteiger charge is -2.35. The zero-order valence-electron chi connectivity index (χ0n) is 12.7. The molecule has 0 bridgehead atoms. The molecule has 0 saturated heterocycles. The lowest BCUT2D eigenvalue weighted by atomic mass is 9.82. The molecule has 3 heteroatoms. The zero-order valence-corrected chi connectivity index (χ0v) is 12.7. The van der Waals surface area contributed by atoms with Crippen molar-refractivity contribution in [2.75, 3.05) is 12.3 Å². The van der Waals surface area contributed by atoms with E-state index in [1.54, 1.807) is 0 Å². The number of anilines is 1. The summed E-state index contributed by atoms with van der Waals surface area (Å²) in [5, 5.41) is 0. The molecule has 0 aromatic heterocycles. The van der Waals surface area contributed by atoms with Crippen LogP contribution < -0.4 is 5.73 Å². The molecule has 0 fully saturated rings. The molecule has 3 nitrogen and oxygen atoms in total. The van der Waals surface area contributed by atoms with Crippen LogP contribution in [0.25, 0.3) is 0 Å². The number of benzene rings is 1. The average Bonchev–Trinajstić information content (AvgIpc) is 2.35. The highest BCUT2D eigenvalue weighted by Gasteiger charge is 2.34. The van der Waals surface area contributed by atoms with E-state index in [1.807, 2.05) is 43.0 Å². The van der Waals surface area contributed by atoms with Gasteiger partial charge in [-0.15, -0.1) is 0 Å². The van der Waals surface area contributed by atoms with E-state index in [-0.39, 0.29) is 11.9 Å². The van der Waals surface area contributed by atoms with Gasteiger partial charge in [0.1, 0.15) is 0 Å².